The Morgan fingerprint density at radius 1 is 0.373 bits per heavy atom. The first-order valence-electron chi connectivity index (χ1n) is 33.1. The summed E-state index contributed by atoms with van der Waals surface area (Å²) in [6, 6.07) is -0.633. The van der Waals surface area contributed by atoms with E-state index in [2.05, 4.69) is 67.8 Å². The summed E-state index contributed by atoms with van der Waals surface area (Å²) in [5.74, 6) is -0.0696. The highest BCUT2D eigenvalue weighted by atomic mass is 16.5. The molecule has 0 bridgehead atoms. The van der Waals surface area contributed by atoms with Crippen molar-refractivity contribution in [1.82, 2.24) is 5.32 Å². The van der Waals surface area contributed by atoms with Gasteiger partial charge in [0.15, 0.2) is 0 Å². The fourth-order valence-corrected chi connectivity index (χ4v) is 9.93. The molecular weight excluding hydrogens is 923 g/mol. The van der Waals surface area contributed by atoms with Gasteiger partial charge in [-0.1, -0.05) is 293 Å². The van der Waals surface area contributed by atoms with Crippen molar-refractivity contribution in [3.05, 3.63) is 60.8 Å². The molecule has 438 valence electrons. The van der Waals surface area contributed by atoms with Crippen LogP contribution in [0.4, 0.5) is 0 Å². The van der Waals surface area contributed by atoms with Crippen LogP contribution in [0.2, 0.25) is 0 Å². The van der Waals surface area contributed by atoms with Gasteiger partial charge < -0.3 is 20.3 Å². The molecule has 1 amide bonds. The molecule has 0 rings (SSSR count). The lowest BCUT2D eigenvalue weighted by Gasteiger charge is -2.20. The van der Waals surface area contributed by atoms with Crippen LogP contribution >= 0.6 is 0 Å². The average molecular weight is 1050 g/mol. The summed E-state index contributed by atoms with van der Waals surface area (Å²) in [6.07, 6.45) is 84.2. The van der Waals surface area contributed by atoms with E-state index in [-0.39, 0.29) is 18.5 Å². The fraction of sp³-hybridized carbons (Fsp3) is 0.826. The smallest absolute Gasteiger partial charge is 0.305 e. The number of nitrogens with one attached hydrogen (secondary N) is 1. The summed E-state index contributed by atoms with van der Waals surface area (Å²) in [4.78, 5) is 24.6. The van der Waals surface area contributed by atoms with E-state index in [1.807, 2.05) is 6.08 Å². The number of hydrogen-bond acceptors (Lipinski definition) is 5. The number of aliphatic hydroxyl groups excluding tert-OH is 2. The Kier molecular flexibility index (Phi) is 62.0. The third-order valence-corrected chi connectivity index (χ3v) is 15.0. The molecule has 2 unspecified atom stereocenters. The third-order valence-electron chi connectivity index (χ3n) is 15.0. The highest BCUT2D eigenvalue weighted by Crippen LogP contribution is 2.17. The maximum Gasteiger partial charge on any atom is 0.305 e. The second-order valence-electron chi connectivity index (χ2n) is 22.4. The minimum atomic E-state index is -0.849. The molecule has 0 spiro atoms. The van der Waals surface area contributed by atoms with Crippen LogP contribution in [0.15, 0.2) is 60.8 Å². The molecule has 0 saturated carbocycles. The predicted molar refractivity (Wildman–Crippen MR) is 328 cm³/mol. The van der Waals surface area contributed by atoms with Crippen molar-refractivity contribution in [2.75, 3.05) is 13.2 Å². The number of allylic oxidation sites excluding steroid dienone is 9. The van der Waals surface area contributed by atoms with Gasteiger partial charge in [0.25, 0.3) is 0 Å². The highest BCUT2D eigenvalue weighted by molar-refractivity contribution is 5.76. The van der Waals surface area contributed by atoms with Gasteiger partial charge in [-0.15, -0.1) is 0 Å². The molecule has 0 aromatic heterocycles. The first-order valence-corrected chi connectivity index (χ1v) is 33.1. The van der Waals surface area contributed by atoms with Gasteiger partial charge in [0, 0.05) is 12.8 Å². The van der Waals surface area contributed by atoms with Gasteiger partial charge >= 0.3 is 5.97 Å². The van der Waals surface area contributed by atoms with Crippen LogP contribution in [-0.2, 0) is 14.3 Å². The van der Waals surface area contributed by atoms with E-state index in [9.17, 15) is 19.8 Å². The van der Waals surface area contributed by atoms with Crippen LogP contribution in [0.3, 0.4) is 0 Å². The van der Waals surface area contributed by atoms with E-state index < -0.39 is 12.1 Å². The molecule has 0 aliphatic heterocycles. The molecule has 0 aromatic carbocycles. The summed E-state index contributed by atoms with van der Waals surface area (Å²) < 4.78 is 5.50. The summed E-state index contributed by atoms with van der Waals surface area (Å²) in [6.45, 7) is 4.88. The van der Waals surface area contributed by atoms with Crippen molar-refractivity contribution in [3.8, 4) is 0 Å². The Morgan fingerprint density at radius 2 is 0.667 bits per heavy atom. The number of amides is 1. The molecule has 2 atom stereocenters. The lowest BCUT2D eigenvalue weighted by molar-refractivity contribution is -0.143. The van der Waals surface area contributed by atoms with Crippen LogP contribution in [0.25, 0.3) is 0 Å². The molecule has 0 aliphatic rings. The Hall–Kier alpha value is -2.44. The largest absolute Gasteiger partial charge is 0.466 e. The van der Waals surface area contributed by atoms with Gasteiger partial charge in [0.05, 0.1) is 25.4 Å². The minimum absolute atomic E-state index is 0.00441. The first kappa shape index (κ1) is 72.6. The zero-order valence-electron chi connectivity index (χ0n) is 50.0. The maximum absolute atomic E-state index is 12.5. The topological polar surface area (TPSA) is 95.9 Å². The lowest BCUT2D eigenvalue weighted by atomic mass is 10.0. The number of carbonyl (C=O) groups excluding carboxylic acids is 2. The van der Waals surface area contributed by atoms with Crippen molar-refractivity contribution in [3.63, 3.8) is 0 Å². The van der Waals surface area contributed by atoms with E-state index in [1.165, 1.54) is 257 Å². The first-order chi connectivity index (χ1) is 37.0. The standard InChI is InChI=1S/C69H127NO5/c1-3-5-7-9-11-13-15-17-19-20-28-32-35-39-43-47-51-55-59-63-69(74)75-64-60-56-52-48-44-40-36-33-30-27-25-23-21-22-24-26-29-31-34-38-42-46-50-54-58-62-68(73)70-66(65-71)67(72)61-57-53-49-45-41-37-18-16-14-12-10-8-6-4-2/h11,13,17,19,22-25,57,61,66-67,71-72H,3-10,12,14-16,18,20-21,26-56,58-60,62-65H2,1-2H3,(H,70,73)/b13-11-,19-17-,24-22-,25-23-,61-57+. The van der Waals surface area contributed by atoms with Crippen LogP contribution in [0.5, 0.6) is 0 Å². The van der Waals surface area contributed by atoms with Crippen molar-refractivity contribution < 1.29 is 24.5 Å². The van der Waals surface area contributed by atoms with Crippen LogP contribution < -0.4 is 5.32 Å². The van der Waals surface area contributed by atoms with Gasteiger partial charge in [-0.05, 0) is 96.3 Å². The second kappa shape index (κ2) is 64.1. The highest BCUT2D eigenvalue weighted by Gasteiger charge is 2.18. The summed E-state index contributed by atoms with van der Waals surface area (Å²) in [5, 5.41) is 23.1. The molecule has 0 aliphatic carbocycles. The monoisotopic (exact) mass is 1050 g/mol. The Morgan fingerprint density at radius 3 is 1.04 bits per heavy atom. The normalized spacial score (nSPS) is 13.0. The van der Waals surface area contributed by atoms with Gasteiger partial charge in [-0.25, -0.2) is 0 Å². The molecule has 0 saturated heterocycles. The van der Waals surface area contributed by atoms with Gasteiger partial charge in [-0.3, -0.25) is 9.59 Å². The predicted octanol–water partition coefficient (Wildman–Crippen LogP) is 21.1. The number of aliphatic hydroxyl groups is 2. The molecule has 0 heterocycles. The third kappa shape index (κ3) is 60.6. The van der Waals surface area contributed by atoms with Crippen LogP contribution in [0, 0.1) is 0 Å². The van der Waals surface area contributed by atoms with E-state index in [0.29, 0.717) is 19.4 Å². The number of carbonyl (C=O) groups is 2. The van der Waals surface area contributed by atoms with E-state index in [1.54, 1.807) is 6.08 Å². The minimum Gasteiger partial charge on any atom is -0.466 e. The maximum atomic E-state index is 12.5. The van der Waals surface area contributed by atoms with E-state index >= 15 is 0 Å². The number of rotatable bonds is 61. The van der Waals surface area contributed by atoms with Crippen LogP contribution in [0.1, 0.15) is 341 Å². The number of hydrogen-bond donors (Lipinski definition) is 3. The fourth-order valence-electron chi connectivity index (χ4n) is 9.93. The Balaban J connectivity index is 3.44. The molecule has 0 fully saturated rings. The number of unbranched alkanes of at least 4 members (excludes halogenated alkanes) is 42. The zero-order valence-corrected chi connectivity index (χ0v) is 50.0. The van der Waals surface area contributed by atoms with Crippen molar-refractivity contribution in [1.29, 1.82) is 0 Å². The Bertz CT molecular complexity index is 1300. The van der Waals surface area contributed by atoms with Crippen molar-refractivity contribution in [2.24, 2.45) is 0 Å². The quantitative estimate of drug-likeness (QED) is 0.0320. The summed E-state index contributed by atoms with van der Waals surface area (Å²) >= 11 is 0. The molecule has 6 nitrogen and oxygen atoms in total. The van der Waals surface area contributed by atoms with Gasteiger partial charge in [0.2, 0.25) is 5.91 Å². The van der Waals surface area contributed by atoms with E-state index in [4.69, 9.17) is 4.74 Å². The van der Waals surface area contributed by atoms with Crippen molar-refractivity contribution >= 4 is 11.9 Å². The Labute approximate surface area is 467 Å². The molecule has 3 N–H and O–H groups in total. The van der Waals surface area contributed by atoms with Crippen LogP contribution in [-0.4, -0.2) is 47.4 Å². The summed E-state index contributed by atoms with van der Waals surface area (Å²) in [5.41, 5.74) is 0. The average Bonchev–Trinajstić information content (AvgIpc) is 3.41. The van der Waals surface area contributed by atoms with Crippen molar-refractivity contribution in [2.45, 2.75) is 353 Å². The summed E-state index contributed by atoms with van der Waals surface area (Å²) in [7, 11) is 0. The molecular formula is C69H127NO5. The molecule has 0 radical (unpaired) electrons. The molecule has 0 aromatic rings. The number of esters is 1. The second-order valence-corrected chi connectivity index (χ2v) is 22.4. The number of ether oxygens (including phenoxy) is 1. The van der Waals surface area contributed by atoms with Gasteiger partial charge in [0.1, 0.15) is 0 Å². The lowest BCUT2D eigenvalue weighted by Crippen LogP contribution is -2.45. The van der Waals surface area contributed by atoms with E-state index in [0.717, 1.165) is 57.8 Å². The SMILES string of the molecule is CCCCC/C=C\C/C=C\CCCCCCCCCCCC(=O)OCCCCCCCCCCC/C=C\C/C=C\CCCCCCCCCCCC(=O)NC(CO)C(O)/C=C/CCCCCCCCCCCCCC. The zero-order chi connectivity index (χ0) is 54.3. The molecule has 75 heavy (non-hydrogen) atoms. The molecule has 6 heteroatoms. The van der Waals surface area contributed by atoms with Gasteiger partial charge in [-0.2, -0.15) is 0 Å².